The molecule has 1 aliphatic rings. The molecule has 1 aliphatic heterocycles. The van der Waals surface area contributed by atoms with Crippen molar-refractivity contribution in [3.05, 3.63) is 94.5 Å². The molecule has 1 saturated heterocycles. The number of amides is 2. The molecule has 0 aromatic heterocycles. The van der Waals surface area contributed by atoms with Crippen LogP contribution in [-0.2, 0) is 11.4 Å². The molecule has 5 nitrogen and oxygen atoms in total. The lowest BCUT2D eigenvalue weighted by Gasteiger charge is -2.31. The topological polar surface area (TPSA) is 58.6 Å². The Morgan fingerprint density at radius 1 is 0.906 bits per heavy atom. The van der Waals surface area contributed by atoms with Crippen LogP contribution in [0.2, 0.25) is 0 Å². The smallest absolute Gasteiger partial charge is 0.257 e. The number of halogens is 1. The average molecular weight is 493 g/mol. The van der Waals surface area contributed by atoms with Crippen LogP contribution in [0.3, 0.4) is 0 Å². The lowest BCUT2D eigenvalue weighted by Crippen LogP contribution is -2.41. The Kier molecular flexibility index (Phi) is 7.22. The third-order valence-electron chi connectivity index (χ3n) is 5.65. The number of nitrogens with zero attached hydrogens (tertiary/aromatic N) is 1. The number of likely N-dealkylation sites (tertiary alicyclic amines) is 1. The number of nitrogens with one attached hydrogen (secondary N) is 1. The Labute approximate surface area is 196 Å². The van der Waals surface area contributed by atoms with Crippen LogP contribution in [0.25, 0.3) is 0 Å². The standard InChI is InChI=1S/C26H25BrN2O3/c27-23-12-6-4-8-20(23)18-32-24-13-7-5-11-22(24)26(31)29-16-14-19(15-17-29)25(30)28-21-9-2-1-3-10-21/h1-13,19H,14-18H2,(H,28,30). The van der Waals surface area contributed by atoms with Crippen molar-refractivity contribution in [3.63, 3.8) is 0 Å². The van der Waals surface area contributed by atoms with E-state index in [9.17, 15) is 9.59 Å². The van der Waals surface area contributed by atoms with Crippen molar-refractivity contribution in [2.75, 3.05) is 18.4 Å². The number of carbonyl (C=O) groups is 2. The monoisotopic (exact) mass is 492 g/mol. The zero-order valence-corrected chi connectivity index (χ0v) is 19.3. The fourth-order valence-electron chi connectivity index (χ4n) is 3.82. The Balaban J connectivity index is 1.36. The third kappa shape index (κ3) is 5.37. The second-order valence-corrected chi connectivity index (χ2v) is 8.65. The zero-order valence-electron chi connectivity index (χ0n) is 17.7. The van der Waals surface area contributed by atoms with Gasteiger partial charge in [0.05, 0.1) is 5.56 Å². The van der Waals surface area contributed by atoms with Crippen molar-refractivity contribution in [2.24, 2.45) is 5.92 Å². The van der Waals surface area contributed by atoms with Gasteiger partial charge in [0.2, 0.25) is 5.91 Å². The SMILES string of the molecule is O=C(Nc1ccccc1)C1CCN(C(=O)c2ccccc2OCc2ccccc2Br)CC1. The first kappa shape index (κ1) is 22.1. The van der Waals surface area contributed by atoms with Gasteiger partial charge in [-0.25, -0.2) is 0 Å². The van der Waals surface area contributed by atoms with E-state index in [2.05, 4.69) is 21.2 Å². The Morgan fingerprint density at radius 2 is 1.56 bits per heavy atom. The molecule has 3 aromatic rings. The number of rotatable bonds is 6. The third-order valence-corrected chi connectivity index (χ3v) is 6.43. The first-order valence-electron chi connectivity index (χ1n) is 10.7. The number of carbonyl (C=O) groups excluding carboxylic acids is 2. The molecule has 0 unspecified atom stereocenters. The minimum absolute atomic E-state index is 0.0143. The molecule has 0 spiro atoms. The van der Waals surface area contributed by atoms with E-state index in [0.717, 1.165) is 15.7 Å². The summed E-state index contributed by atoms with van der Waals surface area (Å²) in [7, 11) is 0. The number of benzene rings is 3. The quantitative estimate of drug-likeness (QED) is 0.492. The van der Waals surface area contributed by atoms with Crippen LogP contribution >= 0.6 is 15.9 Å². The normalized spacial score (nSPS) is 14.1. The Morgan fingerprint density at radius 3 is 2.31 bits per heavy atom. The van der Waals surface area contributed by atoms with Crippen molar-refractivity contribution in [3.8, 4) is 5.75 Å². The van der Waals surface area contributed by atoms with E-state index in [0.29, 0.717) is 43.9 Å². The molecule has 0 aliphatic carbocycles. The first-order valence-corrected chi connectivity index (χ1v) is 11.5. The molecular formula is C26H25BrN2O3. The summed E-state index contributed by atoms with van der Waals surface area (Å²) >= 11 is 3.53. The predicted molar refractivity (Wildman–Crippen MR) is 129 cm³/mol. The second kappa shape index (κ2) is 10.5. The molecule has 3 aromatic carbocycles. The van der Waals surface area contributed by atoms with Gasteiger partial charge in [0, 0.05) is 34.7 Å². The maximum Gasteiger partial charge on any atom is 0.257 e. The van der Waals surface area contributed by atoms with Gasteiger partial charge in [0.1, 0.15) is 12.4 Å². The molecule has 4 rings (SSSR count). The minimum Gasteiger partial charge on any atom is -0.488 e. The van der Waals surface area contributed by atoms with Crippen molar-refractivity contribution < 1.29 is 14.3 Å². The van der Waals surface area contributed by atoms with Crippen LogP contribution in [0.15, 0.2) is 83.3 Å². The summed E-state index contributed by atoms with van der Waals surface area (Å²) in [5, 5.41) is 2.97. The van der Waals surface area contributed by atoms with Gasteiger partial charge in [-0.2, -0.15) is 0 Å². The van der Waals surface area contributed by atoms with E-state index >= 15 is 0 Å². The van der Waals surface area contributed by atoms with Crippen molar-refractivity contribution in [1.82, 2.24) is 4.90 Å². The maximum atomic E-state index is 13.2. The number of hydrogen-bond donors (Lipinski definition) is 1. The fraction of sp³-hybridized carbons (Fsp3) is 0.231. The number of ether oxygens (including phenoxy) is 1. The number of para-hydroxylation sites is 2. The van der Waals surface area contributed by atoms with Crippen LogP contribution < -0.4 is 10.1 Å². The van der Waals surface area contributed by atoms with E-state index in [1.807, 2.05) is 77.7 Å². The highest BCUT2D eigenvalue weighted by Crippen LogP contribution is 2.26. The molecule has 0 bridgehead atoms. The summed E-state index contributed by atoms with van der Waals surface area (Å²) in [5.74, 6) is 0.425. The molecule has 32 heavy (non-hydrogen) atoms. The van der Waals surface area contributed by atoms with Gasteiger partial charge in [0.25, 0.3) is 5.91 Å². The molecule has 0 atom stereocenters. The highest BCUT2D eigenvalue weighted by molar-refractivity contribution is 9.10. The molecular weight excluding hydrogens is 468 g/mol. The second-order valence-electron chi connectivity index (χ2n) is 7.80. The van der Waals surface area contributed by atoms with E-state index in [1.54, 1.807) is 6.07 Å². The minimum atomic E-state index is -0.0961. The molecule has 2 amide bonds. The maximum absolute atomic E-state index is 13.2. The summed E-state index contributed by atoms with van der Waals surface area (Å²) in [6.07, 6.45) is 1.29. The van der Waals surface area contributed by atoms with Crippen LogP contribution in [0.1, 0.15) is 28.8 Å². The number of piperidine rings is 1. The van der Waals surface area contributed by atoms with Gasteiger partial charge < -0.3 is 15.0 Å². The Bertz CT molecular complexity index is 1080. The molecule has 1 heterocycles. The summed E-state index contributed by atoms with van der Waals surface area (Å²) in [5.41, 5.74) is 2.36. The Hall–Kier alpha value is -3.12. The molecule has 164 valence electrons. The molecule has 6 heteroatoms. The lowest BCUT2D eigenvalue weighted by atomic mass is 9.95. The fourth-order valence-corrected chi connectivity index (χ4v) is 4.22. The first-order chi connectivity index (χ1) is 15.6. The van der Waals surface area contributed by atoms with Crippen molar-refractivity contribution >= 4 is 33.4 Å². The van der Waals surface area contributed by atoms with Crippen LogP contribution in [0.4, 0.5) is 5.69 Å². The predicted octanol–water partition coefficient (Wildman–Crippen LogP) is 5.52. The lowest BCUT2D eigenvalue weighted by molar-refractivity contribution is -0.121. The molecule has 0 saturated carbocycles. The average Bonchev–Trinajstić information content (AvgIpc) is 2.84. The van der Waals surface area contributed by atoms with E-state index in [1.165, 1.54) is 0 Å². The molecule has 0 radical (unpaired) electrons. The van der Waals surface area contributed by atoms with Crippen molar-refractivity contribution in [1.29, 1.82) is 0 Å². The van der Waals surface area contributed by atoms with Gasteiger partial charge in [-0.1, -0.05) is 64.5 Å². The summed E-state index contributed by atoms with van der Waals surface area (Å²) < 4.78 is 6.97. The van der Waals surface area contributed by atoms with E-state index in [-0.39, 0.29) is 17.7 Å². The number of anilines is 1. The summed E-state index contributed by atoms with van der Waals surface area (Å²) in [4.78, 5) is 27.6. The largest absolute Gasteiger partial charge is 0.488 e. The summed E-state index contributed by atoms with van der Waals surface area (Å²) in [6, 6.07) is 24.7. The van der Waals surface area contributed by atoms with Gasteiger partial charge >= 0.3 is 0 Å². The van der Waals surface area contributed by atoms with Crippen LogP contribution in [0.5, 0.6) is 5.75 Å². The highest BCUT2D eigenvalue weighted by atomic mass is 79.9. The van der Waals surface area contributed by atoms with E-state index in [4.69, 9.17) is 4.74 Å². The van der Waals surface area contributed by atoms with Gasteiger partial charge in [-0.15, -0.1) is 0 Å². The van der Waals surface area contributed by atoms with E-state index < -0.39 is 0 Å². The highest BCUT2D eigenvalue weighted by Gasteiger charge is 2.29. The molecule has 1 N–H and O–H groups in total. The van der Waals surface area contributed by atoms with Crippen LogP contribution in [-0.4, -0.2) is 29.8 Å². The number of hydrogen-bond acceptors (Lipinski definition) is 3. The van der Waals surface area contributed by atoms with Gasteiger partial charge in [-0.05, 0) is 43.2 Å². The van der Waals surface area contributed by atoms with Gasteiger partial charge in [-0.3, -0.25) is 9.59 Å². The van der Waals surface area contributed by atoms with Crippen LogP contribution in [0, 0.1) is 5.92 Å². The van der Waals surface area contributed by atoms with Crippen molar-refractivity contribution in [2.45, 2.75) is 19.4 Å². The molecule has 1 fully saturated rings. The summed E-state index contributed by atoms with van der Waals surface area (Å²) in [6.45, 7) is 1.46. The van der Waals surface area contributed by atoms with Gasteiger partial charge in [0.15, 0.2) is 0 Å². The zero-order chi connectivity index (χ0) is 22.3.